The van der Waals surface area contributed by atoms with E-state index in [1.165, 1.54) is 5.56 Å². The van der Waals surface area contributed by atoms with Crippen LogP contribution >= 0.6 is 11.8 Å². The van der Waals surface area contributed by atoms with Gasteiger partial charge in [-0.1, -0.05) is 36.4 Å². The normalized spacial score (nSPS) is 18.7. The molecule has 1 N–H and O–H groups in total. The Morgan fingerprint density at radius 2 is 1.96 bits per heavy atom. The van der Waals surface area contributed by atoms with Crippen LogP contribution in [0.2, 0.25) is 0 Å². The second-order valence-electron chi connectivity index (χ2n) is 6.50. The average Bonchev–Trinajstić information content (AvgIpc) is 3.51. The first-order valence-electron chi connectivity index (χ1n) is 8.53. The molecule has 0 aromatic heterocycles. The molecule has 1 saturated carbocycles. The van der Waals surface area contributed by atoms with Crippen molar-refractivity contribution >= 4 is 29.4 Å². The summed E-state index contributed by atoms with van der Waals surface area (Å²) in [5.74, 6) is 1.24. The SMILES string of the molecule is O=CC1NC=C(C(=O)C2CC2)c2ccc(SCc3ccccc3)cc21. The van der Waals surface area contributed by atoms with Gasteiger partial charge in [0, 0.05) is 28.3 Å². The lowest BCUT2D eigenvalue weighted by atomic mass is 9.89. The molecule has 2 aromatic rings. The third-order valence-corrected chi connectivity index (χ3v) is 5.72. The van der Waals surface area contributed by atoms with E-state index in [4.69, 9.17) is 0 Å². The zero-order valence-electron chi connectivity index (χ0n) is 13.8. The summed E-state index contributed by atoms with van der Waals surface area (Å²) in [5, 5.41) is 3.08. The topological polar surface area (TPSA) is 46.2 Å². The van der Waals surface area contributed by atoms with Crippen molar-refractivity contribution < 1.29 is 9.59 Å². The van der Waals surface area contributed by atoms with Gasteiger partial charge in [-0.05, 0) is 41.7 Å². The van der Waals surface area contributed by atoms with Gasteiger partial charge in [0.15, 0.2) is 5.78 Å². The highest BCUT2D eigenvalue weighted by Crippen LogP contribution is 2.39. The molecule has 4 heteroatoms. The van der Waals surface area contributed by atoms with Crippen molar-refractivity contribution in [2.24, 2.45) is 5.92 Å². The van der Waals surface area contributed by atoms with Crippen LogP contribution in [0.4, 0.5) is 0 Å². The number of hydrogen-bond donors (Lipinski definition) is 1. The number of benzene rings is 2. The van der Waals surface area contributed by atoms with Crippen LogP contribution in [-0.4, -0.2) is 12.1 Å². The summed E-state index contributed by atoms with van der Waals surface area (Å²) in [6.45, 7) is 0. The van der Waals surface area contributed by atoms with E-state index in [9.17, 15) is 9.59 Å². The van der Waals surface area contributed by atoms with Gasteiger partial charge in [-0.25, -0.2) is 0 Å². The Morgan fingerprint density at radius 1 is 1.16 bits per heavy atom. The zero-order valence-corrected chi connectivity index (χ0v) is 14.6. The number of aldehydes is 1. The Bertz CT molecular complexity index is 840. The molecule has 1 unspecified atom stereocenters. The molecule has 2 aliphatic rings. The monoisotopic (exact) mass is 349 g/mol. The molecular weight excluding hydrogens is 330 g/mol. The number of rotatable bonds is 6. The molecule has 0 amide bonds. The van der Waals surface area contributed by atoms with Gasteiger partial charge in [0.1, 0.15) is 12.3 Å². The first-order valence-corrected chi connectivity index (χ1v) is 9.51. The van der Waals surface area contributed by atoms with E-state index in [0.29, 0.717) is 0 Å². The van der Waals surface area contributed by atoms with Crippen LogP contribution in [0, 0.1) is 5.92 Å². The van der Waals surface area contributed by atoms with E-state index < -0.39 is 0 Å². The first-order chi connectivity index (χ1) is 12.3. The van der Waals surface area contributed by atoms with E-state index in [1.54, 1.807) is 18.0 Å². The van der Waals surface area contributed by atoms with Crippen molar-refractivity contribution in [2.45, 2.75) is 29.5 Å². The molecule has 126 valence electrons. The maximum absolute atomic E-state index is 12.5. The maximum atomic E-state index is 12.5. The fourth-order valence-corrected chi connectivity index (χ4v) is 4.00. The van der Waals surface area contributed by atoms with Crippen molar-refractivity contribution in [1.82, 2.24) is 5.32 Å². The molecule has 1 aliphatic carbocycles. The van der Waals surface area contributed by atoms with Crippen LogP contribution in [0.1, 0.15) is 35.6 Å². The third kappa shape index (κ3) is 3.40. The summed E-state index contributed by atoms with van der Waals surface area (Å²) in [4.78, 5) is 25.1. The summed E-state index contributed by atoms with van der Waals surface area (Å²) >= 11 is 1.74. The largest absolute Gasteiger partial charge is 0.377 e. The Hall–Kier alpha value is -2.33. The van der Waals surface area contributed by atoms with Gasteiger partial charge in [0.05, 0.1) is 0 Å². The van der Waals surface area contributed by atoms with Gasteiger partial charge in [0.2, 0.25) is 0 Å². The van der Waals surface area contributed by atoms with Crippen LogP contribution in [0.15, 0.2) is 59.6 Å². The molecule has 25 heavy (non-hydrogen) atoms. The van der Waals surface area contributed by atoms with Gasteiger partial charge in [-0.3, -0.25) is 4.79 Å². The van der Waals surface area contributed by atoms with E-state index >= 15 is 0 Å². The molecule has 0 radical (unpaired) electrons. The van der Waals surface area contributed by atoms with Crippen molar-refractivity contribution in [3.8, 4) is 0 Å². The first kappa shape index (κ1) is 16.2. The Kier molecular flexibility index (Phi) is 4.45. The summed E-state index contributed by atoms with van der Waals surface area (Å²) in [6.07, 6.45) is 4.58. The molecule has 0 saturated heterocycles. The number of allylic oxidation sites excluding steroid dienone is 1. The Labute approximate surface area is 151 Å². The molecule has 2 aromatic carbocycles. The molecule has 1 atom stereocenters. The van der Waals surface area contributed by atoms with Gasteiger partial charge in [-0.15, -0.1) is 11.8 Å². The summed E-state index contributed by atoms with van der Waals surface area (Å²) in [7, 11) is 0. The van der Waals surface area contributed by atoms with Crippen molar-refractivity contribution in [3.63, 3.8) is 0 Å². The van der Waals surface area contributed by atoms with Gasteiger partial charge >= 0.3 is 0 Å². The fraction of sp³-hybridized carbons (Fsp3) is 0.238. The second kappa shape index (κ2) is 6.89. The van der Waals surface area contributed by atoms with Gasteiger partial charge in [-0.2, -0.15) is 0 Å². The number of ketones is 1. The predicted molar refractivity (Wildman–Crippen MR) is 100 cm³/mol. The molecule has 3 nitrogen and oxygen atoms in total. The lowest BCUT2D eigenvalue weighted by Crippen LogP contribution is -2.25. The van der Waals surface area contributed by atoms with Crippen LogP contribution in [0.5, 0.6) is 0 Å². The number of fused-ring (bicyclic) bond motifs is 1. The number of carbonyl (C=O) groups excluding carboxylic acids is 2. The van der Waals surface area contributed by atoms with Gasteiger partial charge in [0.25, 0.3) is 0 Å². The van der Waals surface area contributed by atoms with E-state index in [1.807, 2.05) is 36.4 Å². The number of carbonyl (C=O) groups is 2. The minimum absolute atomic E-state index is 0.167. The van der Waals surface area contributed by atoms with Crippen molar-refractivity contribution in [3.05, 3.63) is 71.4 Å². The minimum atomic E-state index is -0.386. The molecule has 1 aliphatic heterocycles. The highest BCUT2D eigenvalue weighted by molar-refractivity contribution is 7.98. The highest BCUT2D eigenvalue weighted by Gasteiger charge is 2.35. The minimum Gasteiger partial charge on any atom is -0.377 e. The molecule has 1 fully saturated rings. The van der Waals surface area contributed by atoms with Crippen molar-refractivity contribution in [1.29, 1.82) is 0 Å². The van der Waals surface area contributed by atoms with Gasteiger partial charge < -0.3 is 10.1 Å². The van der Waals surface area contributed by atoms with E-state index in [-0.39, 0.29) is 17.7 Å². The van der Waals surface area contributed by atoms with E-state index in [2.05, 4.69) is 17.4 Å². The van der Waals surface area contributed by atoms with Crippen LogP contribution in [0.25, 0.3) is 5.57 Å². The highest BCUT2D eigenvalue weighted by atomic mass is 32.2. The lowest BCUT2D eigenvalue weighted by Gasteiger charge is -2.24. The predicted octanol–water partition coefficient (Wildman–Crippen LogP) is 4.14. The Balaban J connectivity index is 1.59. The van der Waals surface area contributed by atoms with Crippen LogP contribution in [0.3, 0.4) is 0 Å². The molecule has 4 rings (SSSR count). The number of Topliss-reactive ketones (excluding diaryl/α,β-unsaturated/α-hetero) is 1. The van der Waals surface area contributed by atoms with Crippen LogP contribution < -0.4 is 5.32 Å². The molecule has 0 spiro atoms. The fourth-order valence-electron chi connectivity index (χ4n) is 3.10. The molecule has 0 bridgehead atoms. The quantitative estimate of drug-likeness (QED) is 0.629. The second-order valence-corrected chi connectivity index (χ2v) is 7.55. The zero-order chi connectivity index (χ0) is 17.2. The smallest absolute Gasteiger partial charge is 0.168 e. The summed E-state index contributed by atoms with van der Waals surface area (Å²) in [5.41, 5.74) is 3.78. The van der Waals surface area contributed by atoms with Crippen LogP contribution in [-0.2, 0) is 15.3 Å². The average molecular weight is 349 g/mol. The van der Waals surface area contributed by atoms with E-state index in [0.717, 1.165) is 46.5 Å². The standard InChI is InChI=1S/C21H19NO2S/c23-12-20-18-10-16(25-13-14-4-2-1-3-5-14)8-9-17(18)19(11-22-20)21(24)15-6-7-15/h1-5,8-12,15,20,22H,6-7,13H2. The lowest BCUT2D eigenvalue weighted by molar-refractivity contribution is -0.115. The molecular formula is C21H19NO2S. The number of thioether (sulfide) groups is 1. The Morgan fingerprint density at radius 3 is 2.68 bits per heavy atom. The summed E-state index contributed by atoms with van der Waals surface area (Å²) in [6, 6.07) is 16.0. The molecule has 1 heterocycles. The van der Waals surface area contributed by atoms with Crippen molar-refractivity contribution in [2.75, 3.05) is 0 Å². The maximum Gasteiger partial charge on any atom is 0.168 e. The summed E-state index contributed by atoms with van der Waals surface area (Å²) < 4.78 is 0. The third-order valence-electron chi connectivity index (χ3n) is 4.65. The number of hydrogen-bond acceptors (Lipinski definition) is 4. The number of nitrogens with one attached hydrogen (secondary N) is 1.